The molecular weight excluding hydrogens is 444 g/mol. The van der Waals surface area contributed by atoms with Crippen LogP contribution in [0.25, 0.3) is 11.1 Å². The smallest absolute Gasteiger partial charge is 0.354 e. The molecule has 0 aliphatic carbocycles. The highest BCUT2D eigenvalue weighted by Crippen LogP contribution is 2.29. The van der Waals surface area contributed by atoms with Crippen molar-refractivity contribution in [2.75, 3.05) is 11.6 Å². The fourth-order valence-corrected chi connectivity index (χ4v) is 3.41. The molecule has 3 rings (SSSR count). The highest BCUT2D eigenvalue weighted by atomic mass is 32.2. The molecule has 0 saturated carbocycles. The molecule has 0 spiro atoms. The molecule has 0 aliphatic heterocycles. The van der Waals surface area contributed by atoms with Crippen molar-refractivity contribution in [3.05, 3.63) is 89.0 Å². The molecule has 4 N–H and O–H groups in total. The summed E-state index contributed by atoms with van der Waals surface area (Å²) < 4.78 is 27.4. The molecule has 166 valence electrons. The van der Waals surface area contributed by atoms with E-state index in [9.17, 15) is 23.3 Å². The highest BCUT2D eigenvalue weighted by molar-refractivity contribution is 7.86. The first-order valence-electron chi connectivity index (χ1n) is 9.42. The van der Waals surface area contributed by atoms with Crippen LogP contribution >= 0.6 is 0 Å². The Morgan fingerprint density at radius 3 is 2.24 bits per heavy atom. The fourth-order valence-electron chi connectivity index (χ4n) is 3.05. The number of carbonyl (C=O) groups excluding carboxylic acids is 2. The summed E-state index contributed by atoms with van der Waals surface area (Å²) in [5.74, 6) is -1.78. The lowest BCUT2D eigenvalue weighted by atomic mass is 9.93. The Kier molecular flexibility index (Phi) is 6.56. The molecule has 0 aromatic heterocycles. The Labute approximate surface area is 190 Å². The van der Waals surface area contributed by atoms with Gasteiger partial charge in [0.2, 0.25) is 0 Å². The average Bonchev–Trinajstić information content (AvgIpc) is 2.78. The molecule has 3 aromatic rings. The van der Waals surface area contributed by atoms with Crippen LogP contribution < -0.4 is 11.1 Å². The third-order valence-electron chi connectivity index (χ3n) is 4.51. The summed E-state index contributed by atoms with van der Waals surface area (Å²) in [5.41, 5.74) is 7.14. The molecule has 0 saturated heterocycles. The van der Waals surface area contributed by atoms with Gasteiger partial charge in [0.25, 0.3) is 5.91 Å². The van der Waals surface area contributed by atoms with Crippen LogP contribution in [0, 0.1) is 16.7 Å². The van der Waals surface area contributed by atoms with E-state index in [1.54, 1.807) is 36.4 Å². The zero-order valence-electron chi connectivity index (χ0n) is 17.3. The second kappa shape index (κ2) is 9.33. The van der Waals surface area contributed by atoms with Crippen LogP contribution in [0.15, 0.2) is 66.7 Å². The van der Waals surface area contributed by atoms with Crippen molar-refractivity contribution in [3.8, 4) is 17.2 Å². The van der Waals surface area contributed by atoms with Gasteiger partial charge >= 0.3 is 16.1 Å². The maximum Gasteiger partial charge on any atom is 0.354 e. The number of hydrogen-bond acceptors (Lipinski definition) is 7. The number of amidine groups is 1. The summed E-state index contributed by atoms with van der Waals surface area (Å²) in [5, 5.41) is 19.4. The fraction of sp³-hybridized carbons (Fsp3) is 0.0435. The Balaban J connectivity index is 2.05. The number of nitrogens with two attached hydrogens (primary N) is 1. The Hall–Kier alpha value is -4.49. The lowest BCUT2D eigenvalue weighted by Crippen LogP contribution is -2.16. The monoisotopic (exact) mass is 462 g/mol. The van der Waals surface area contributed by atoms with E-state index in [0.717, 1.165) is 6.26 Å². The minimum absolute atomic E-state index is 0.0625. The number of hydrogen-bond donors (Lipinski definition) is 3. The number of anilines is 1. The van der Waals surface area contributed by atoms with Crippen LogP contribution in [0.2, 0.25) is 0 Å². The molecule has 0 aliphatic rings. The molecule has 0 atom stereocenters. The molecular formula is C23H18N4O5S. The molecule has 33 heavy (non-hydrogen) atoms. The van der Waals surface area contributed by atoms with Gasteiger partial charge in [-0.05, 0) is 53.6 Å². The molecule has 0 radical (unpaired) electrons. The summed E-state index contributed by atoms with van der Waals surface area (Å²) in [6.07, 6.45) is 0.755. The SMILES string of the molecule is CS(=O)(=O)OC(=O)c1ccccc1-c1ccc(C#N)cc1C(=O)Nc1ccc(C(=N)N)cc1. The quantitative estimate of drug-likeness (QED) is 0.288. The van der Waals surface area contributed by atoms with Crippen molar-refractivity contribution < 1.29 is 22.2 Å². The van der Waals surface area contributed by atoms with Crippen molar-refractivity contribution in [2.24, 2.45) is 5.73 Å². The molecule has 9 nitrogen and oxygen atoms in total. The third-order valence-corrected chi connectivity index (χ3v) is 4.97. The van der Waals surface area contributed by atoms with Crippen LogP contribution in [0.1, 0.15) is 31.8 Å². The topological polar surface area (TPSA) is 163 Å². The van der Waals surface area contributed by atoms with Crippen LogP contribution in [0.5, 0.6) is 0 Å². The van der Waals surface area contributed by atoms with E-state index in [4.69, 9.17) is 11.1 Å². The maximum atomic E-state index is 13.1. The zero-order valence-corrected chi connectivity index (χ0v) is 18.1. The number of nitriles is 1. The predicted octanol–water partition coefficient (Wildman–Crippen LogP) is 2.88. The number of benzene rings is 3. The number of carbonyl (C=O) groups is 2. The van der Waals surface area contributed by atoms with E-state index in [1.165, 1.54) is 30.3 Å². The van der Waals surface area contributed by atoms with Gasteiger partial charge in [-0.25, -0.2) is 4.79 Å². The minimum atomic E-state index is -4.05. The highest BCUT2D eigenvalue weighted by Gasteiger charge is 2.22. The van der Waals surface area contributed by atoms with Crippen molar-refractivity contribution in [2.45, 2.75) is 0 Å². The van der Waals surface area contributed by atoms with Gasteiger partial charge < -0.3 is 15.2 Å². The standard InChI is InChI=1S/C23H18N4O5S/c1-33(30,31)32-23(29)19-5-3-2-4-17(19)18-11-6-14(13-24)12-20(18)22(28)27-16-9-7-15(8-10-16)21(25)26/h2-12H,1H3,(H3,25,26)(H,27,28). The van der Waals surface area contributed by atoms with Crippen LogP contribution in [-0.2, 0) is 14.3 Å². The van der Waals surface area contributed by atoms with Crippen molar-refractivity contribution in [3.63, 3.8) is 0 Å². The van der Waals surface area contributed by atoms with Crippen LogP contribution in [0.4, 0.5) is 5.69 Å². The Morgan fingerprint density at radius 2 is 1.64 bits per heavy atom. The predicted molar refractivity (Wildman–Crippen MR) is 122 cm³/mol. The molecule has 0 bridgehead atoms. The normalized spacial score (nSPS) is 10.7. The van der Waals surface area contributed by atoms with Gasteiger partial charge in [-0.1, -0.05) is 24.3 Å². The second-order valence-corrected chi connectivity index (χ2v) is 8.51. The molecule has 0 unspecified atom stereocenters. The average molecular weight is 462 g/mol. The lowest BCUT2D eigenvalue weighted by Gasteiger charge is -2.14. The number of nitrogens with one attached hydrogen (secondary N) is 2. The van der Waals surface area contributed by atoms with Gasteiger partial charge in [0.05, 0.1) is 23.5 Å². The van der Waals surface area contributed by atoms with E-state index >= 15 is 0 Å². The lowest BCUT2D eigenvalue weighted by molar-refractivity contribution is 0.0748. The van der Waals surface area contributed by atoms with E-state index in [2.05, 4.69) is 9.50 Å². The van der Waals surface area contributed by atoms with Crippen LogP contribution in [-0.4, -0.2) is 32.4 Å². The van der Waals surface area contributed by atoms with Gasteiger partial charge in [0.15, 0.2) is 0 Å². The van der Waals surface area contributed by atoms with E-state index in [-0.39, 0.29) is 28.1 Å². The summed E-state index contributed by atoms with van der Waals surface area (Å²) in [7, 11) is -4.05. The molecule has 3 aromatic carbocycles. The van der Waals surface area contributed by atoms with Crippen LogP contribution in [0.3, 0.4) is 0 Å². The maximum absolute atomic E-state index is 13.1. The summed E-state index contributed by atoms with van der Waals surface area (Å²) in [6, 6.07) is 18.7. The van der Waals surface area contributed by atoms with E-state index in [1.807, 2.05) is 6.07 Å². The Bertz CT molecular complexity index is 1410. The summed E-state index contributed by atoms with van der Waals surface area (Å²) >= 11 is 0. The van der Waals surface area contributed by atoms with Crippen molar-refractivity contribution in [1.82, 2.24) is 0 Å². The number of nitrogens with zero attached hydrogens (tertiary/aromatic N) is 1. The third kappa shape index (κ3) is 5.61. The summed E-state index contributed by atoms with van der Waals surface area (Å²) in [4.78, 5) is 25.6. The number of amides is 1. The minimum Gasteiger partial charge on any atom is -0.384 e. The van der Waals surface area contributed by atoms with E-state index in [0.29, 0.717) is 16.8 Å². The number of nitrogen functional groups attached to an aromatic ring is 1. The van der Waals surface area contributed by atoms with Gasteiger partial charge in [0, 0.05) is 16.8 Å². The number of rotatable bonds is 6. The molecule has 0 heterocycles. The molecule has 0 fully saturated rings. The molecule has 10 heteroatoms. The van der Waals surface area contributed by atoms with Gasteiger partial charge in [-0.2, -0.15) is 13.7 Å². The zero-order chi connectivity index (χ0) is 24.2. The van der Waals surface area contributed by atoms with Crippen molar-refractivity contribution in [1.29, 1.82) is 10.7 Å². The first kappa shape index (κ1) is 23.2. The first-order valence-corrected chi connectivity index (χ1v) is 11.2. The van der Waals surface area contributed by atoms with Gasteiger partial charge in [-0.15, -0.1) is 0 Å². The Morgan fingerprint density at radius 1 is 1.00 bits per heavy atom. The van der Waals surface area contributed by atoms with Gasteiger partial charge in [0.1, 0.15) is 5.84 Å². The largest absolute Gasteiger partial charge is 0.384 e. The van der Waals surface area contributed by atoms with Crippen molar-refractivity contribution >= 4 is 33.5 Å². The van der Waals surface area contributed by atoms with Gasteiger partial charge in [-0.3, -0.25) is 10.2 Å². The summed E-state index contributed by atoms with van der Waals surface area (Å²) in [6.45, 7) is 0. The van der Waals surface area contributed by atoms with E-state index < -0.39 is 22.0 Å². The second-order valence-electron chi connectivity index (χ2n) is 6.94. The molecule has 1 amide bonds. The first-order chi connectivity index (χ1) is 15.6.